The Morgan fingerprint density at radius 3 is 2.29 bits per heavy atom. The fourth-order valence-corrected chi connectivity index (χ4v) is 5.67. The second-order valence-corrected chi connectivity index (χ2v) is 8.59. The first-order valence-corrected chi connectivity index (χ1v) is 9.60. The van der Waals surface area contributed by atoms with Crippen LogP contribution in [0, 0.1) is 13.8 Å². The van der Waals surface area contributed by atoms with Crippen molar-refractivity contribution in [2.75, 3.05) is 7.05 Å². The lowest BCUT2D eigenvalue weighted by molar-refractivity contribution is 0.480. The van der Waals surface area contributed by atoms with E-state index in [0.29, 0.717) is 0 Å². The van der Waals surface area contributed by atoms with Gasteiger partial charge in [-0.05, 0) is 39.3 Å². The van der Waals surface area contributed by atoms with Crippen LogP contribution in [0.1, 0.15) is 48.8 Å². The van der Waals surface area contributed by atoms with Crippen molar-refractivity contribution in [1.82, 2.24) is 5.32 Å². The molecule has 1 aromatic rings. The quantitative estimate of drug-likeness (QED) is 0.869. The van der Waals surface area contributed by atoms with Crippen molar-refractivity contribution in [1.29, 1.82) is 0 Å². The van der Waals surface area contributed by atoms with Gasteiger partial charge in [0.2, 0.25) is 0 Å². The molecule has 2 unspecified atom stereocenters. The Labute approximate surface area is 129 Å². The van der Waals surface area contributed by atoms with E-state index in [1.807, 2.05) is 33.0 Å². The van der Waals surface area contributed by atoms with Crippen LogP contribution in [0.3, 0.4) is 0 Å². The molecule has 1 aliphatic rings. The maximum Gasteiger partial charge on any atom is 0.158 e. The molecule has 21 heavy (non-hydrogen) atoms. The first-order chi connectivity index (χ1) is 9.92. The highest BCUT2D eigenvalue weighted by Gasteiger charge is 2.33. The van der Waals surface area contributed by atoms with Crippen LogP contribution in [-0.4, -0.2) is 26.8 Å². The zero-order valence-electron chi connectivity index (χ0n) is 13.4. The van der Waals surface area contributed by atoms with Crippen molar-refractivity contribution in [3.8, 4) is 0 Å². The summed E-state index contributed by atoms with van der Waals surface area (Å²) >= 11 is 0. The molecule has 0 aliphatic heterocycles. The number of sulfone groups is 1. The zero-order chi connectivity index (χ0) is 15.5. The summed E-state index contributed by atoms with van der Waals surface area (Å²) in [5.74, 6) is 0.165. The fourth-order valence-electron chi connectivity index (χ4n) is 3.53. The summed E-state index contributed by atoms with van der Waals surface area (Å²) in [7, 11) is -1.23. The van der Waals surface area contributed by atoms with Crippen LogP contribution in [-0.2, 0) is 15.6 Å². The van der Waals surface area contributed by atoms with Gasteiger partial charge in [-0.25, -0.2) is 8.42 Å². The molecule has 0 radical (unpaired) electrons. The molecule has 1 saturated carbocycles. The SMILES string of the molecule is CNC1CCCCCC1S(=O)(=O)Cc1cc(C)cc(C)c1. The van der Waals surface area contributed by atoms with Crippen LogP contribution in [0.2, 0.25) is 0 Å². The van der Waals surface area contributed by atoms with Crippen molar-refractivity contribution in [3.63, 3.8) is 0 Å². The van der Waals surface area contributed by atoms with Crippen molar-refractivity contribution >= 4 is 9.84 Å². The third-order valence-corrected chi connectivity index (χ3v) is 6.66. The number of aryl methyl sites for hydroxylation is 2. The molecule has 1 N–H and O–H groups in total. The van der Waals surface area contributed by atoms with E-state index in [0.717, 1.165) is 48.8 Å². The Morgan fingerprint density at radius 2 is 1.67 bits per heavy atom. The molecule has 1 aromatic carbocycles. The predicted octanol–water partition coefficient (Wildman–Crippen LogP) is 3.14. The van der Waals surface area contributed by atoms with E-state index in [9.17, 15) is 8.42 Å². The van der Waals surface area contributed by atoms with E-state index >= 15 is 0 Å². The van der Waals surface area contributed by atoms with Gasteiger partial charge in [0.25, 0.3) is 0 Å². The number of benzene rings is 1. The summed E-state index contributed by atoms with van der Waals surface area (Å²) in [5, 5.41) is 2.98. The number of rotatable bonds is 4. The van der Waals surface area contributed by atoms with Crippen LogP contribution in [0.5, 0.6) is 0 Å². The summed E-state index contributed by atoms with van der Waals surface area (Å²) in [6.07, 6.45) is 5.05. The molecule has 4 heteroatoms. The molecule has 0 saturated heterocycles. The summed E-state index contributed by atoms with van der Waals surface area (Å²) in [6.45, 7) is 4.04. The molecule has 2 atom stereocenters. The highest BCUT2D eigenvalue weighted by Crippen LogP contribution is 2.26. The van der Waals surface area contributed by atoms with Gasteiger partial charge < -0.3 is 5.32 Å². The number of hydrogen-bond donors (Lipinski definition) is 1. The summed E-state index contributed by atoms with van der Waals surface area (Å²) in [6, 6.07) is 6.17. The van der Waals surface area contributed by atoms with E-state index in [1.165, 1.54) is 0 Å². The normalized spacial score (nSPS) is 23.8. The van der Waals surface area contributed by atoms with Gasteiger partial charge in [0.1, 0.15) is 0 Å². The summed E-state index contributed by atoms with van der Waals surface area (Å²) < 4.78 is 25.7. The summed E-state index contributed by atoms with van der Waals surface area (Å²) in [5.41, 5.74) is 3.18. The minimum atomic E-state index is -3.12. The van der Waals surface area contributed by atoms with Crippen LogP contribution >= 0.6 is 0 Å². The van der Waals surface area contributed by atoms with Crippen LogP contribution in [0.4, 0.5) is 0 Å². The molecular weight excluding hydrogens is 282 g/mol. The van der Waals surface area contributed by atoms with Crippen molar-refractivity contribution in [2.24, 2.45) is 0 Å². The van der Waals surface area contributed by atoms with E-state index in [-0.39, 0.29) is 17.0 Å². The third kappa shape index (κ3) is 4.30. The lowest BCUT2D eigenvalue weighted by atomic mass is 10.1. The van der Waals surface area contributed by atoms with Crippen molar-refractivity contribution in [2.45, 2.75) is 63.0 Å². The Bertz CT molecular complexity index is 560. The van der Waals surface area contributed by atoms with Crippen LogP contribution in [0.15, 0.2) is 18.2 Å². The minimum Gasteiger partial charge on any atom is -0.316 e. The molecule has 0 amide bonds. The maximum atomic E-state index is 12.9. The zero-order valence-corrected chi connectivity index (χ0v) is 14.2. The number of hydrogen-bond acceptors (Lipinski definition) is 3. The van der Waals surface area contributed by atoms with Gasteiger partial charge in [0, 0.05) is 6.04 Å². The highest BCUT2D eigenvalue weighted by molar-refractivity contribution is 7.91. The topological polar surface area (TPSA) is 46.2 Å². The molecule has 118 valence electrons. The standard InChI is InChI=1S/C17H27NO2S/c1-13-9-14(2)11-15(10-13)12-21(19,20)17-8-6-4-5-7-16(17)18-3/h9-11,16-18H,4-8,12H2,1-3H3. The minimum absolute atomic E-state index is 0.100. The Morgan fingerprint density at radius 1 is 1.05 bits per heavy atom. The van der Waals surface area contributed by atoms with Gasteiger partial charge in [-0.3, -0.25) is 0 Å². The van der Waals surface area contributed by atoms with E-state index in [1.54, 1.807) is 0 Å². The molecule has 0 bridgehead atoms. The molecule has 0 heterocycles. The fraction of sp³-hybridized carbons (Fsp3) is 0.647. The first kappa shape index (κ1) is 16.5. The molecule has 0 spiro atoms. The summed E-state index contributed by atoms with van der Waals surface area (Å²) in [4.78, 5) is 0. The largest absolute Gasteiger partial charge is 0.316 e. The van der Waals surface area contributed by atoms with E-state index in [4.69, 9.17) is 0 Å². The average molecular weight is 309 g/mol. The van der Waals surface area contributed by atoms with Gasteiger partial charge in [-0.15, -0.1) is 0 Å². The second kappa shape index (κ2) is 6.93. The van der Waals surface area contributed by atoms with E-state index in [2.05, 4.69) is 11.4 Å². The van der Waals surface area contributed by atoms with Crippen LogP contribution in [0.25, 0.3) is 0 Å². The Kier molecular flexibility index (Phi) is 5.44. The van der Waals surface area contributed by atoms with Crippen LogP contribution < -0.4 is 5.32 Å². The third-order valence-electron chi connectivity index (χ3n) is 4.43. The smallest absolute Gasteiger partial charge is 0.158 e. The molecule has 2 rings (SSSR count). The van der Waals surface area contributed by atoms with E-state index < -0.39 is 9.84 Å². The van der Waals surface area contributed by atoms with Gasteiger partial charge >= 0.3 is 0 Å². The Hall–Kier alpha value is -0.870. The molecule has 0 aromatic heterocycles. The lowest BCUT2D eigenvalue weighted by Crippen LogP contribution is -2.42. The van der Waals surface area contributed by atoms with Gasteiger partial charge in [0.05, 0.1) is 11.0 Å². The van der Waals surface area contributed by atoms with Gasteiger partial charge in [-0.2, -0.15) is 0 Å². The van der Waals surface area contributed by atoms with Gasteiger partial charge in [0.15, 0.2) is 9.84 Å². The molecule has 1 fully saturated rings. The first-order valence-electron chi connectivity index (χ1n) is 7.88. The highest BCUT2D eigenvalue weighted by atomic mass is 32.2. The molecule has 3 nitrogen and oxygen atoms in total. The monoisotopic (exact) mass is 309 g/mol. The van der Waals surface area contributed by atoms with Crippen molar-refractivity contribution < 1.29 is 8.42 Å². The molecule has 1 aliphatic carbocycles. The average Bonchev–Trinajstić information content (AvgIpc) is 2.62. The predicted molar refractivity (Wildman–Crippen MR) is 88.3 cm³/mol. The number of nitrogens with one attached hydrogen (secondary N) is 1. The van der Waals surface area contributed by atoms with Crippen molar-refractivity contribution in [3.05, 3.63) is 34.9 Å². The Balaban J connectivity index is 2.23. The second-order valence-electron chi connectivity index (χ2n) is 6.37. The molecular formula is C17H27NO2S. The maximum absolute atomic E-state index is 12.9. The lowest BCUT2D eigenvalue weighted by Gasteiger charge is -2.25. The van der Waals surface area contributed by atoms with Gasteiger partial charge in [-0.1, -0.05) is 48.6 Å².